The standard InChI is InChI=1S/C18H15N5O/c1-24-13-4-2-3-12(9-13)22-18-20-8-6-16(23-18)15-10-21-17-11-19-7-5-14(15)17/h2-11,21H,1H3,(H,20,22,23). The van der Waals surface area contributed by atoms with Gasteiger partial charge in [0, 0.05) is 41.3 Å². The third kappa shape index (κ3) is 2.65. The van der Waals surface area contributed by atoms with E-state index in [-0.39, 0.29) is 0 Å². The number of nitrogens with zero attached hydrogens (tertiary/aromatic N) is 3. The Bertz CT molecular complexity index is 995. The predicted octanol–water partition coefficient (Wildman–Crippen LogP) is 3.77. The molecule has 0 saturated heterocycles. The molecule has 0 fully saturated rings. The first-order valence-electron chi connectivity index (χ1n) is 7.49. The highest BCUT2D eigenvalue weighted by molar-refractivity contribution is 5.94. The van der Waals surface area contributed by atoms with E-state index < -0.39 is 0 Å². The maximum atomic E-state index is 5.23. The van der Waals surface area contributed by atoms with Crippen molar-refractivity contribution in [2.75, 3.05) is 12.4 Å². The molecule has 0 aliphatic carbocycles. The fourth-order valence-corrected chi connectivity index (χ4v) is 2.58. The zero-order chi connectivity index (χ0) is 16.4. The van der Waals surface area contributed by atoms with Crippen LogP contribution in [0.5, 0.6) is 5.75 Å². The van der Waals surface area contributed by atoms with E-state index in [0.29, 0.717) is 5.95 Å². The van der Waals surface area contributed by atoms with E-state index in [1.807, 2.05) is 42.6 Å². The Morgan fingerprint density at radius 3 is 3.00 bits per heavy atom. The summed E-state index contributed by atoms with van der Waals surface area (Å²) < 4.78 is 5.23. The summed E-state index contributed by atoms with van der Waals surface area (Å²) in [7, 11) is 1.64. The van der Waals surface area contributed by atoms with Crippen LogP contribution in [0.3, 0.4) is 0 Å². The molecule has 3 heterocycles. The number of anilines is 2. The number of rotatable bonds is 4. The van der Waals surface area contributed by atoms with Crippen LogP contribution in [-0.2, 0) is 0 Å². The average Bonchev–Trinajstić information content (AvgIpc) is 3.06. The summed E-state index contributed by atoms with van der Waals surface area (Å²) in [5.41, 5.74) is 3.71. The number of fused-ring (bicyclic) bond motifs is 1. The topological polar surface area (TPSA) is 75.7 Å². The monoisotopic (exact) mass is 317 g/mol. The normalized spacial score (nSPS) is 10.7. The van der Waals surface area contributed by atoms with Gasteiger partial charge in [0.25, 0.3) is 0 Å². The predicted molar refractivity (Wildman–Crippen MR) is 93.4 cm³/mol. The highest BCUT2D eigenvalue weighted by Crippen LogP contribution is 2.27. The molecule has 4 aromatic rings. The van der Waals surface area contributed by atoms with Crippen LogP contribution in [0.1, 0.15) is 0 Å². The Balaban J connectivity index is 1.68. The molecule has 4 rings (SSSR count). The SMILES string of the molecule is COc1cccc(Nc2nccc(-c3c[nH]c4cnccc34)n2)c1. The summed E-state index contributed by atoms with van der Waals surface area (Å²) in [5.74, 6) is 1.31. The van der Waals surface area contributed by atoms with E-state index in [9.17, 15) is 0 Å². The lowest BCUT2D eigenvalue weighted by Crippen LogP contribution is -1.98. The quantitative estimate of drug-likeness (QED) is 0.599. The molecule has 0 atom stereocenters. The molecule has 0 aliphatic heterocycles. The number of aromatic nitrogens is 4. The van der Waals surface area contributed by atoms with Crippen molar-refractivity contribution in [3.8, 4) is 17.0 Å². The number of ether oxygens (including phenoxy) is 1. The van der Waals surface area contributed by atoms with Crippen molar-refractivity contribution in [2.45, 2.75) is 0 Å². The molecule has 6 nitrogen and oxygen atoms in total. The van der Waals surface area contributed by atoms with Crippen LogP contribution in [0, 0.1) is 0 Å². The van der Waals surface area contributed by atoms with Crippen molar-refractivity contribution < 1.29 is 4.74 Å². The van der Waals surface area contributed by atoms with Crippen molar-refractivity contribution in [2.24, 2.45) is 0 Å². The van der Waals surface area contributed by atoms with E-state index >= 15 is 0 Å². The van der Waals surface area contributed by atoms with Crippen LogP contribution >= 0.6 is 0 Å². The smallest absolute Gasteiger partial charge is 0.227 e. The fourth-order valence-electron chi connectivity index (χ4n) is 2.58. The number of hydrogen-bond donors (Lipinski definition) is 2. The molecule has 2 N–H and O–H groups in total. The van der Waals surface area contributed by atoms with Crippen LogP contribution in [-0.4, -0.2) is 27.0 Å². The largest absolute Gasteiger partial charge is 0.497 e. The van der Waals surface area contributed by atoms with Crippen LogP contribution in [0.25, 0.3) is 22.2 Å². The highest BCUT2D eigenvalue weighted by Gasteiger charge is 2.08. The van der Waals surface area contributed by atoms with Crippen molar-refractivity contribution >= 4 is 22.5 Å². The van der Waals surface area contributed by atoms with Gasteiger partial charge in [-0.1, -0.05) is 6.07 Å². The number of aromatic amines is 1. The number of nitrogens with one attached hydrogen (secondary N) is 2. The van der Waals surface area contributed by atoms with Crippen molar-refractivity contribution in [3.05, 3.63) is 61.2 Å². The molecular formula is C18H15N5O. The molecule has 24 heavy (non-hydrogen) atoms. The van der Waals surface area contributed by atoms with Crippen LogP contribution in [0.4, 0.5) is 11.6 Å². The lowest BCUT2D eigenvalue weighted by molar-refractivity contribution is 0.415. The van der Waals surface area contributed by atoms with E-state index in [4.69, 9.17) is 4.74 Å². The number of hydrogen-bond acceptors (Lipinski definition) is 5. The second kappa shape index (κ2) is 6.00. The minimum atomic E-state index is 0.532. The third-order valence-electron chi connectivity index (χ3n) is 3.74. The van der Waals surface area contributed by atoms with Gasteiger partial charge in [-0.2, -0.15) is 0 Å². The number of methoxy groups -OCH3 is 1. The summed E-state index contributed by atoms with van der Waals surface area (Å²) in [5, 5.41) is 4.28. The molecular weight excluding hydrogens is 302 g/mol. The van der Waals surface area contributed by atoms with E-state index in [1.165, 1.54) is 0 Å². The first-order valence-corrected chi connectivity index (χ1v) is 7.49. The lowest BCUT2D eigenvalue weighted by Gasteiger charge is -2.07. The van der Waals surface area contributed by atoms with E-state index in [2.05, 4.69) is 25.3 Å². The van der Waals surface area contributed by atoms with Gasteiger partial charge in [0.05, 0.1) is 24.5 Å². The minimum absolute atomic E-state index is 0.532. The van der Waals surface area contributed by atoms with Gasteiger partial charge in [-0.05, 0) is 24.3 Å². The van der Waals surface area contributed by atoms with Gasteiger partial charge in [0.1, 0.15) is 5.75 Å². The van der Waals surface area contributed by atoms with E-state index in [0.717, 1.165) is 33.6 Å². The number of benzene rings is 1. The summed E-state index contributed by atoms with van der Waals surface area (Å²) in [6.45, 7) is 0. The summed E-state index contributed by atoms with van der Waals surface area (Å²) >= 11 is 0. The Labute approximate surface area is 138 Å². The Morgan fingerprint density at radius 2 is 2.08 bits per heavy atom. The third-order valence-corrected chi connectivity index (χ3v) is 3.74. The van der Waals surface area contributed by atoms with Gasteiger partial charge < -0.3 is 15.0 Å². The van der Waals surface area contributed by atoms with Crippen LogP contribution in [0.2, 0.25) is 0 Å². The molecule has 0 aliphatic rings. The van der Waals surface area contributed by atoms with Crippen molar-refractivity contribution in [1.82, 2.24) is 19.9 Å². The Morgan fingerprint density at radius 1 is 1.12 bits per heavy atom. The molecule has 1 aromatic carbocycles. The van der Waals surface area contributed by atoms with Gasteiger partial charge in [-0.25, -0.2) is 9.97 Å². The molecule has 3 aromatic heterocycles. The zero-order valence-electron chi connectivity index (χ0n) is 13.0. The minimum Gasteiger partial charge on any atom is -0.497 e. The second-order valence-electron chi connectivity index (χ2n) is 5.25. The fraction of sp³-hybridized carbons (Fsp3) is 0.0556. The second-order valence-corrected chi connectivity index (χ2v) is 5.25. The Hall–Kier alpha value is -3.41. The lowest BCUT2D eigenvalue weighted by atomic mass is 10.1. The zero-order valence-corrected chi connectivity index (χ0v) is 13.0. The molecule has 118 valence electrons. The van der Waals surface area contributed by atoms with Crippen molar-refractivity contribution in [1.29, 1.82) is 0 Å². The first-order chi connectivity index (χ1) is 11.8. The average molecular weight is 317 g/mol. The number of pyridine rings is 1. The molecule has 0 bridgehead atoms. The number of H-pyrrole nitrogens is 1. The summed E-state index contributed by atoms with van der Waals surface area (Å²) in [4.78, 5) is 16.2. The summed E-state index contributed by atoms with van der Waals surface area (Å²) in [6, 6.07) is 11.5. The van der Waals surface area contributed by atoms with E-state index in [1.54, 1.807) is 25.7 Å². The maximum Gasteiger partial charge on any atom is 0.227 e. The van der Waals surface area contributed by atoms with Gasteiger partial charge >= 0.3 is 0 Å². The maximum absolute atomic E-state index is 5.23. The van der Waals surface area contributed by atoms with Gasteiger partial charge in [-0.15, -0.1) is 0 Å². The van der Waals surface area contributed by atoms with Crippen LogP contribution in [0.15, 0.2) is 61.2 Å². The molecule has 0 saturated carbocycles. The Kier molecular flexibility index (Phi) is 3.55. The molecule has 0 spiro atoms. The highest BCUT2D eigenvalue weighted by atomic mass is 16.5. The van der Waals surface area contributed by atoms with Gasteiger partial charge in [0.2, 0.25) is 5.95 Å². The van der Waals surface area contributed by atoms with Gasteiger partial charge in [0.15, 0.2) is 0 Å². The van der Waals surface area contributed by atoms with Crippen molar-refractivity contribution in [3.63, 3.8) is 0 Å². The van der Waals surface area contributed by atoms with Gasteiger partial charge in [-0.3, -0.25) is 4.98 Å². The summed E-state index contributed by atoms with van der Waals surface area (Å²) in [6.07, 6.45) is 7.25. The molecule has 0 radical (unpaired) electrons. The first kappa shape index (κ1) is 14.2. The molecule has 0 amide bonds. The van der Waals surface area contributed by atoms with Crippen LogP contribution < -0.4 is 10.1 Å². The molecule has 6 heteroatoms. The molecule has 0 unspecified atom stereocenters.